The molecule has 2 aromatic rings. The number of hydrogen-bond acceptors (Lipinski definition) is 4. The fourth-order valence-corrected chi connectivity index (χ4v) is 2.17. The van der Waals surface area contributed by atoms with Crippen LogP contribution in [0.15, 0.2) is 42.5 Å². The van der Waals surface area contributed by atoms with Crippen LogP contribution in [0.1, 0.15) is 5.56 Å². The second-order valence-electron chi connectivity index (χ2n) is 4.60. The van der Waals surface area contributed by atoms with Crippen molar-refractivity contribution in [3.8, 4) is 17.2 Å². The van der Waals surface area contributed by atoms with Gasteiger partial charge in [0.2, 0.25) is 5.91 Å². The van der Waals surface area contributed by atoms with Gasteiger partial charge in [-0.15, -0.1) is 0 Å². The molecule has 2 rings (SSSR count). The standard InChI is InChI=1S/C17H16ClNO4/c1-22-15-7-5-12(10-13(15)18)19-17(21)8-4-11-3-6-16(23-2)14(20)9-11/h3-10,20H,1-2H3,(H,19,21)/b8-4+. The van der Waals surface area contributed by atoms with Crippen LogP contribution in [0.3, 0.4) is 0 Å². The van der Waals surface area contributed by atoms with Gasteiger partial charge in [-0.3, -0.25) is 4.79 Å². The van der Waals surface area contributed by atoms with Gasteiger partial charge in [-0.2, -0.15) is 0 Å². The summed E-state index contributed by atoms with van der Waals surface area (Å²) in [5.74, 6) is 0.604. The van der Waals surface area contributed by atoms with Crippen molar-refractivity contribution in [3.63, 3.8) is 0 Å². The fourth-order valence-electron chi connectivity index (χ4n) is 1.91. The number of anilines is 1. The Hall–Kier alpha value is -2.66. The molecule has 0 aliphatic heterocycles. The number of hydrogen-bond donors (Lipinski definition) is 2. The lowest BCUT2D eigenvalue weighted by molar-refractivity contribution is -0.111. The average Bonchev–Trinajstić information content (AvgIpc) is 2.53. The van der Waals surface area contributed by atoms with Gasteiger partial charge in [0, 0.05) is 11.8 Å². The number of phenols is 1. The summed E-state index contributed by atoms with van der Waals surface area (Å²) in [6.07, 6.45) is 2.94. The largest absolute Gasteiger partial charge is 0.504 e. The lowest BCUT2D eigenvalue weighted by atomic mass is 10.2. The number of methoxy groups -OCH3 is 2. The Morgan fingerprint density at radius 2 is 1.83 bits per heavy atom. The molecule has 0 saturated heterocycles. The van der Waals surface area contributed by atoms with Gasteiger partial charge in [0.15, 0.2) is 11.5 Å². The van der Waals surface area contributed by atoms with Gasteiger partial charge in [-0.1, -0.05) is 17.7 Å². The predicted molar refractivity (Wildman–Crippen MR) is 90.3 cm³/mol. The first-order chi connectivity index (χ1) is 11.0. The van der Waals surface area contributed by atoms with Gasteiger partial charge in [-0.05, 0) is 42.0 Å². The highest BCUT2D eigenvalue weighted by atomic mass is 35.5. The highest BCUT2D eigenvalue weighted by molar-refractivity contribution is 6.32. The van der Waals surface area contributed by atoms with Crippen LogP contribution in [0.5, 0.6) is 17.2 Å². The van der Waals surface area contributed by atoms with Gasteiger partial charge in [-0.25, -0.2) is 0 Å². The van der Waals surface area contributed by atoms with Crippen molar-refractivity contribution in [3.05, 3.63) is 53.1 Å². The molecule has 0 bridgehead atoms. The molecule has 0 unspecified atom stereocenters. The number of halogens is 1. The molecule has 0 aliphatic rings. The summed E-state index contributed by atoms with van der Waals surface area (Å²) in [4.78, 5) is 11.9. The van der Waals surface area contributed by atoms with Gasteiger partial charge >= 0.3 is 0 Å². The molecule has 120 valence electrons. The maximum atomic E-state index is 11.9. The summed E-state index contributed by atoms with van der Waals surface area (Å²) in [5, 5.41) is 12.8. The number of nitrogens with one attached hydrogen (secondary N) is 1. The third-order valence-electron chi connectivity index (χ3n) is 3.05. The Kier molecular flexibility index (Phi) is 5.49. The van der Waals surface area contributed by atoms with Crippen LogP contribution in [0.2, 0.25) is 5.02 Å². The fraction of sp³-hybridized carbons (Fsp3) is 0.118. The molecule has 0 aromatic heterocycles. The minimum Gasteiger partial charge on any atom is -0.504 e. The first-order valence-corrected chi connectivity index (χ1v) is 7.11. The monoisotopic (exact) mass is 333 g/mol. The lowest BCUT2D eigenvalue weighted by Gasteiger charge is -2.06. The van der Waals surface area contributed by atoms with Crippen LogP contribution in [0.25, 0.3) is 6.08 Å². The summed E-state index contributed by atoms with van der Waals surface area (Å²) in [7, 11) is 2.99. The van der Waals surface area contributed by atoms with Crippen molar-refractivity contribution in [2.75, 3.05) is 19.5 Å². The first-order valence-electron chi connectivity index (χ1n) is 6.73. The van der Waals surface area contributed by atoms with Crippen molar-refractivity contribution < 1.29 is 19.4 Å². The Labute approximate surface area is 139 Å². The van der Waals surface area contributed by atoms with Crippen LogP contribution < -0.4 is 14.8 Å². The minimum atomic E-state index is -0.318. The number of ether oxygens (including phenoxy) is 2. The van der Waals surface area contributed by atoms with E-state index in [1.807, 2.05) is 0 Å². The van der Waals surface area contributed by atoms with E-state index in [4.69, 9.17) is 21.1 Å². The molecule has 0 radical (unpaired) electrons. The second-order valence-corrected chi connectivity index (χ2v) is 5.01. The average molecular weight is 334 g/mol. The summed E-state index contributed by atoms with van der Waals surface area (Å²) in [6.45, 7) is 0. The number of phenolic OH excluding ortho intramolecular Hbond substituents is 1. The second kappa shape index (κ2) is 7.56. The Morgan fingerprint density at radius 3 is 2.43 bits per heavy atom. The van der Waals surface area contributed by atoms with Crippen LogP contribution in [-0.4, -0.2) is 25.2 Å². The smallest absolute Gasteiger partial charge is 0.248 e. The maximum Gasteiger partial charge on any atom is 0.248 e. The topological polar surface area (TPSA) is 67.8 Å². The molecule has 23 heavy (non-hydrogen) atoms. The van der Waals surface area contributed by atoms with E-state index in [1.54, 1.807) is 36.4 Å². The van der Waals surface area contributed by atoms with E-state index in [-0.39, 0.29) is 11.7 Å². The Morgan fingerprint density at radius 1 is 1.13 bits per heavy atom. The Balaban J connectivity index is 2.04. The van der Waals surface area contributed by atoms with Crippen molar-refractivity contribution >= 4 is 29.3 Å². The van der Waals surface area contributed by atoms with Crippen LogP contribution >= 0.6 is 11.6 Å². The first kappa shape index (κ1) is 16.7. The molecule has 5 nitrogen and oxygen atoms in total. The summed E-state index contributed by atoms with van der Waals surface area (Å²) in [6, 6.07) is 9.82. The quantitative estimate of drug-likeness (QED) is 0.818. The molecule has 0 aliphatic carbocycles. The van der Waals surface area contributed by atoms with E-state index in [0.717, 1.165) is 0 Å². The molecule has 0 saturated carbocycles. The third kappa shape index (κ3) is 4.40. The van der Waals surface area contributed by atoms with Crippen molar-refractivity contribution in [2.24, 2.45) is 0 Å². The van der Waals surface area contributed by atoms with E-state index in [2.05, 4.69) is 5.32 Å². The van der Waals surface area contributed by atoms with Crippen LogP contribution in [-0.2, 0) is 4.79 Å². The maximum absolute atomic E-state index is 11.9. The Bertz CT molecular complexity index is 743. The van der Waals surface area contributed by atoms with Crippen molar-refractivity contribution in [2.45, 2.75) is 0 Å². The van der Waals surface area contributed by atoms with E-state index in [9.17, 15) is 9.90 Å². The van der Waals surface area contributed by atoms with E-state index >= 15 is 0 Å². The molecule has 6 heteroatoms. The third-order valence-corrected chi connectivity index (χ3v) is 3.34. The molecule has 0 fully saturated rings. The highest BCUT2D eigenvalue weighted by Crippen LogP contribution is 2.28. The summed E-state index contributed by atoms with van der Waals surface area (Å²) < 4.78 is 10.0. The SMILES string of the molecule is COc1ccc(/C=C/C(=O)Nc2ccc(OC)c(Cl)c2)cc1O. The zero-order valence-corrected chi connectivity index (χ0v) is 13.4. The van der Waals surface area contributed by atoms with Crippen LogP contribution in [0.4, 0.5) is 5.69 Å². The molecule has 1 amide bonds. The molecule has 2 aromatic carbocycles. The number of carbonyl (C=O) groups is 1. The summed E-state index contributed by atoms with van der Waals surface area (Å²) in [5.41, 5.74) is 1.23. The number of aromatic hydroxyl groups is 1. The summed E-state index contributed by atoms with van der Waals surface area (Å²) >= 11 is 6.00. The predicted octanol–water partition coefficient (Wildman–Crippen LogP) is 3.71. The van der Waals surface area contributed by atoms with Gasteiger partial charge in [0.05, 0.1) is 19.2 Å². The normalized spacial score (nSPS) is 10.6. The van der Waals surface area contributed by atoms with E-state index in [0.29, 0.717) is 27.8 Å². The van der Waals surface area contributed by atoms with Crippen molar-refractivity contribution in [1.29, 1.82) is 0 Å². The van der Waals surface area contributed by atoms with Crippen LogP contribution in [0, 0.1) is 0 Å². The van der Waals surface area contributed by atoms with Gasteiger partial charge < -0.3 is 19.9 Å². The highest BCUT2D eigenvalue weighted by Gasteiger charge is 2.04. The van der Waals surface area contributed by atoms with Gasteiger partial charge in [0.1, 0.15) is 5.75 Å². The van der Waals surface area contributed by atoms with Crippen molar-refractivity contribution in [1.82, 2.24) is 0 Å². The molecule has 0 spiro atoms. The van der Waals surface area contributed by atoms with E-state index < -0.39 is 0 Å². The van der Waals surface area contributed by atoms with Gasteiger partial charge in [0.25, 0.3) is 0 Å². The minimum absolute atomic E-state index is 0.0111. The van der Waals surface area contributed by atoms with E-state index in [1.165, 1.54) is 26.4 Å². The molecule has 2 N–H and O–H groups in total. The molecule has 0 heterocycles. The molecular formula is C17H16ClNO4. The number of carbonyl (C=O) groups excluding carboxylic acids is 1. The molecular weight excluding hydrogens is 318 g/mol. The number of rotatable bonds is 5. The number of amides is 1. The zero-order chi connectivity index (χ0) is 16.8. The number of benzene rings is 2. The lowest BCUT2D eigenvalue weighted by Crippen LogP contribution is -2.07. The zero-order valence-electron chi connectivity index (χ0n) is 12.7. The molecule has 0 atom stereocenters.